The summed E-state index contributed by atoms with van der Waals surface area (Å²) in [5.41, 5.74) is 3.35. The van der Waals surface area contributed by atoms with E-state index in [-0.39, 0.29) is 5.82 Å². The summed E-state index contributed by atoms with van der Waals surface area (Å²) in [6.07, 6.45) is 2.23. The Morgan fingerprint density at radius 3 is 2.78 bits per heavy atom. The molecule has 5 heteroatoms. The molecule has 0 amide bonds. The van der Waals surface area contributed by atoms with E-state index in [4.69, 9.17) is 4.52 Å². The van der Waals surface area contributed by atoms with Gasteiger partial charge in [0.05, 0.1) is 6.54 Å². The predicted octanol–water partition coefficient (Wildman–Crippen LogP) is 3.83. The Labute approximate surface area is 133 Å². The first-order valence-corrected chi connectivity index (χ1v) is 7.71. The summed E-state index contributed by atoms with van der Waals surface area (Å²) in [7, 11) is 0. The van der Waals surface area contributed by atoms with E-state index in [0.29, 0.717) is 18.3 Å². The lowest BCUT2D eigenvalue weighted by molar-refractivity contribution is 0.375. The summed E-state index contributed by atoms with van der Waals surface area (Å²) < 4.78 is 18.4. The molecule has 1 aromatic heterocycles. The van der Waals surface area contributed by atoms with Crippen LogP contribution in [0.5, 0.6) is 0 Å². The topological polar surface area (TPSA) is 42.2 Å². The zero-order valence-electron chi connectivity index (χ0n) is 12.6. The summed E-state index contributed by atoms with van der Waals surface area (Å²) in [6, 6.07) is 14.5. The minimum atomic E-state index is -0.276. The van der Waals surface area contributed by atoms with Crippen LogP contribution in [0.1, 0.15) is 17.9 Å². The molecule has 0 fully saturated rings. The molecule has 0 saturated carbocycles. The lowest BCUT2D eigenvalue weighted by Crippen LogP contribution is -2.28. The number of para-hydroxylation sites is 1. The molecule has 23 heavy (non-hydrogen) atoms. The lowest BCUT2D eigenvalue weighted by Gasteiger charge is -2.29. The van der Waals surface area contributed by atoms with Crippen molar-refractivity contribution in [2.75, 3.05) is 11.4 Å². The maximum absolute atomic E-state index is 13.0. The first-order chi connectivity index (χ1) is 11.3. The minimum absolute atomic E-state index is 0.276. The number of aromatic nitrogens is 2. The Bertz CT molecular complexity index is 813. The maximum atomic E-state index is 13.0. The summed E-state index contributed by atoms with van der Waals surface area (Å²) in [5, 5.41) is 4.00. The van der Waals surface area contributed by atoms with Gasteiger partial charge in [0.1, 0.15) is 5.82 Å². The average molecular weight is 309 g/mol. The van der Waals surface area contributed by atoms with E-state index in [9.17, 15) is 4.39 Å². The molecule has 1 aliphatic rings. The Balaban J connectivity index is 1.56. The average Bonchev–Trinajstić information content (AvgIpc) is 3.04. The van der Waals surface area contributed by atoms with Crippen LogP contribution in [0.2, 0.25) is 0 Å². The molecule has 0 saturated heterocycles. The van der Waals surface area contributed by atoms with Gasteiger partial charge in [-0.2, -0.15) is 4.98 Å². The van der Waals surface area contributed by atoms with Gasteiger partial charge in [-0.3, -0.25) is 0 Å². The SMILES string of the molecule is Fc1ccc(-c2noc(CN3CCCc4ccccc43)n2)cc1. The highest BCUT2D eigenvalue weighted by Gasteiger charge is 2.19. The van der Waals surface area contributed by atoms with Crippen molar-refractivity contribution < 1.29 is 8.91 Å². The number of rotatable bonds is 3. The van der Waals surface area contributed by atoms with Gasteiger partial charge in [0.2, 0.25) is 11.7 Å². The van der Waals surface area contributed by atoms with Gasteiger partial charge < -0.3 is 9.42 Å². The molecule has 4 nitrogen and oxygen atoms in total. The number of nitrogens with zero attached hydrogens (tertiary/aromatic N) is 3. The molecule has 1 aliphatic heterocycles. The lowest BCUT2D eigenvalue weighted by atomic mass is 10.0. The van der Waals surface area contributed by atoms with Gasteiger partial charge in [-0.25, -0.2) is 4.39 Å². The van der Waals surface area contributed by atoms with Crippen molar-refractivity contribution in [2.45, 2.75) is 19.4 Å². The van der Waals surface area contributed by atoms with E-state index in [1.54, 1.807) is 12.1 Å². The molecule has 0 unspecified atom stereocenters. The number of hydrogen-bond acceptors (Lipinski definition) is 4. The summed E-state index contributed by atoms with van der Waals surface area (Å²) in [6.45, 7) is 1.57. The van der Waals surface area contributed by atoms with Crippen molar-refractivity contribution in [1.82, 2.24) is 10.1 Å². The Hall–Kier alpha value is -2.69. The fourth-order valence-corrected chi connectivity index (χ4v) is 2.97. The van der Waals surface area contributed by atoms with Crippen molar-refractivity contribution in [3.8, 4) is 11.4 Å². The minimum Gasteiger partial charge on any atom is -0.362 e. The van der Waals surface area contributed by atoms with E-state index in [2.05, 4.69) is 39.3 Å². The summed E-state index contributed by atoms with van der Waals surface area (Å²) in [4.78, 5) is 6.70. The van der Waals surface area contributed by atoms with Crippen LogP contribution in [0.4, 0.5) is 10.1 Å². The Kier molecular flexibility index (Phi) is 3.54. The van der Waals surface area contributed by atoms with Crippen LogP contribution in [0.15, 0.2) is 53.1 Å². The molecule has 0 aliphatic carbocycles. The highest BCUT2D eigenvalue weighted by Crippen LogP contribution is 2.28. The van der Waals surface area contributed by atoms with E-state index in [1.807, 2.05) is 0 Å². The van der Waals surface area contributed by atoms with Gasteiger partial charge in [-0.05, 0) is 48.7 Å². The summed E-state index contributed by atoms with van der Waals surface area (Å²) >= 11 is 0. The first-order valence-electron chi connectivity index (χ1n) is 7.71. The number of halogens is 1. The second-order valence-corrected chi connectivity index (χ2v) is 5.67. The molecule has 3 aromatic rings. The van der Waals surface area contributed by atoms with Crippen molar-refractivity contribution in [3.63, 3.8) is 0 Å². The predicted molar refractivity (Wildman–Crippen MR) is 85.5 cm³/mol. The Morgan fingerprint density at radius 2 is 1.91 bits per heavy atom. The van der Waals surface area contributed by atoms with Gasteiger partial charge in [0.15, 0.2) is 0 Å². The van der Waals surface area contributed by atoms with Crippen LogP contribution < -0.4 is 4.90 Å². The van der Waals surface area contributed by atoms with Gasteiger partial charge >= 0.3 is 0 Å². The fourth-order valence-electron chi connectivity index (χ4n) is 2.97. The van der Waals surface area contributed by atoms with E-state index >= 15 is 0 Å². The smallest absolute Gasteiger partial charge is 0.246 e. The Morgan fingerprint density at radius 1 is 1.09 bits per heavy atom. The van der Waals surface area contributed by atoms with Crippen molar-refractivity contribution in [2.24, 2.45) is 0 Å². The standard InChI is InChI=1S/C18H16FN3O/c19-15-9-7-14(8-10-15)18-20-17(23-21-18)12-22-11-3-5-13-4-1-2-6-16(13)22/h1-2,4,6-10H,3,5,11-12H2. The fraction of sp³-hybridized carbons (Fsp3) is 0.222. The molecule has 0 atom stereocenters. The van der Waals surface area contributed by atoms with Crippen molar-refractivity contribution >= 4 is 5.69 Å². The van der Waals surface area contributed by atoms with Crippen LogP contribution in [0, 0.1) is 5.82 Å². The molecular weight excluding hydrogens is 293 g/mol. The second-order valence-electron chi connectivity index (χ2n) is 5.67. The molecule has 0 radical (unpaired) electrons. The van der Waals surface area contributed by atoms with Crippen LogP contribution in [-0.4, -0.2) is 16.7 Å². The molecule has 4 rings (SSSR count). The third-order valence-corrected chi connectivity index (χ3v) is 4.10. The number of aryl methyl sites for hydroxylation is 1. The molecule has 2 heterocycles. The van der Waals surface area contributed by atoms with E-state index in [0.717, 1.165) is 24.9 Å². The van der Waals surface area contributed by atoms with Gasteiger partial charge in [-0.1, -0.05) is 23.4 Å². The van der Waals surface area contributed by atoms with Crippen LogP contribution >= 0.6 is 0 Å². The van der Waals surface area contributed by atoms with Crippen LogP contribution in [-0.2, 0) is 13.0 Å². The van der Waals surface area contributed by atoms with Crippen LogP contribution in [0.3, 0.4) is 0 Å². The van der Waals surface area contributed by atoms with Gasteiger partial charge in [0, 0.05) is 17.8 Å². The maximum Gasteiger partial charge on any atom is 0.246 e. The molecule has 0 bridgehead atoms. The van der Waals surface area contributed by atoms with Gasteiger partial charge in [-0.15, -0.1) is 0 Å². The highest BCUT2D eigenvalue weighted by atomic mass is 19.1. The number of anilines is 1. The number of benzene rings is 2. The zero-order valence-corrected chi connectivity index (χ0v) is 12.6. The summed E-state index contributed by atoms with van der Waals surface area (Å²) in [5.74, 6) is 0.786. The zero-order chi connectivity index (χ0) is 15.6. The second kappa shape index (κ2) is 5.83. The molecular formula is C18H16FN3O. The third kappa shape index (κ3) is 2.82. The number of hydrogen-bond donors (Lipinski definition) is 0. The molecule has 2 aromatic carbocycles. The van der Waals surface area contributed by atoms with E-state index < -0.39 is 0 Å². The van der Waals surface area contributed by atoms with Gasteiger partial charge in [0.25, 0.3) is 0 Å². The third-order valence-electron chi connectivity index (χ3n) is 4.10. The quantitative estimate of drug-likeness (QED) is 0.737. The monoisotopic (exact) mass is 309 g/mol. The van der Waals surface area contributed by atoms with E-state index in [1.165, 1.54) is 23.4 Å². The van der Waals surface area contributed by atoms with Crippen molar-refractivity contribution in [3.05, 3.63) is 65.8 Å². The highest BCUT2D eigenvalue weighted by molar-refractivity contribution is 5.56. The molecule has 0 N–H and O–H groups in total. The largest absolute Gasteiger partial charge is 0.362 e. The molecule has 0 spiro atoms. The number of fused-ring (bicyclic) bond motifs is 1. The van der Waals surface area contributed by atoms with Crippen molar-refractivity contribution in [1.29, 1.82) is 0 Å². The normalized spacial score (nSPS) is 13.9. The van der Waals surface area contributed by atoms with Crippen LogP contribution in [0.25, 0.3) is 11.4 Å². The molecule has 116 valence electrons. The first kappa shape index (κ1) is 13.9.